The summed E-state index contributed by atoms with van der Waals surface area (Å²) in [5.41, 5.74) is 7.91. The highest BCUT2D eigenvalue weighted by atomic mass is 16.2. The maximum Gasteiger partial charge on any atom is 0.319 e. The number of aromatic nitrogens is 2. The van der Waals surface area contributed by atoms with E-state index < -0.39 is 11.9 Å². The van der Waals surface area contributed by atoms with Crippen LogP contribution in [-0.2, 0) is 6.54 Å². The SMILES string of the molecule is Cc1cc(CNc2cccc(C(=O)NC(N)=O)c2)nc(N2CCCCC2)n1. The highest BCUT2D eigenvalue weighted by molar-refractivity contribution is 6.04. The van der Waals surface area contributed by atoms with Crippen LogP contribution >= 0.6 is 0 Å². The monoisotopic (exact) mass is 368 g/mol. The molecular weight excluding hydrogens is 344 g/mol. The van der Waals surface area contributed by atoms with Crippen LogP contribution in [0, 0.1) is 6.92 Å². The predicted molar refractivity (Wildman–Crippen MR) is 104 cm³/mol. The first-order valence-electron chi connectivity index (χ1n) is 9.05. The van der Waals surface area contributed by atoms with E-state index in [9.17, 15) is 9.59 Å². The minimum absolute atomic E-state index is 0.353. The Hall–Kier alpha value is -3.16. The number of hydrogen-bond donors (Lipinski definition) is 3. The van der Waals surface area contributed by atoms with Crippen molar-refractivity contribution in [3.05, 3.63) is 47.3 Å². The smallest absolute Gasteiger partial charge is 0.319 e. The summed E-state index contributed by atoms with van der Waals surface area (Å²) < 4.78 is 0. The molecule has 0 saturated carbocycles. The van der Waals surface area contributed by atoms with Crippen molar-refractivity contribution in [3.8, 4) is 0 Å². The molecule has 8 heteroatoms. The molecule has 2 aromatic rings. The number of urea groups is 1. The third-order valence-electron chi connectivity index (χ3n) is 4.37. The molecule has 0 spiro atoms. The molecule has 0 aliphatic carbocycles. The second-order valence-corrected chi connectivity index (χ2v) is 6.60. The van der Waals surface area contributed by atoms with Crippen molar-refractivity contribution in [3.63, 3.8) is 0 Å². The zero-order valence-corrected chi connectivity index (χ0v) is 15.4. The second-order valence-electron chi connectivity index (χ2n) is 6.60. The summed E-state index contributed by atoms with van der Waals surface area (Å²) >= 11 is 0. The van der Waals surface area contributed by atoms with Gasteiger partial charge in [-0.2, -0.15) is 0 Å². The lowest BCUT2D eigenvalue weighted by molar-refractivity contribution is 0.0966. The number of nitrogens with one attached hydrogen (secondary N) is 2. The van der Waals surface area contributed by atoms with E-state index in [4.69, 9.17) is 5.73 Å². The van der Waals surface area contributed by atoms with Gasteiger partial charge in [-0.15, -0.1) is 0 Å². The average Bonchev–Trinajstić information content (AvgIpc) is 2.66. The van der Waals surface area contributed by atoms with Crippen molar-refractivity contribution < 1.29 is 9.59 Å². The van der Waals surface area contributed by atoms with Gasteiger partial charge in [-0.05, 0) is 50.5 Å². The summed E-state index contributed by atoms with van der Waals surface area (Å²) in [5, 5.41) is 5.32. The normalized spacial score (nSPS) is 13.9. The van der Waals surface area contributed by atoms with Gasteiger partial charge >= 0.3 is 6.03 Å². The number of carbonyl (C=O) groups is 2. The number of amides is 3. The number of rotatable bonds is 5. The standard InChI is InChI=1S/C19H24N6O2/c1-13-10-16(23-19(22-13)25-8-3-2-4-9-25)12-21-15-7-5-6-14(11-15)17(26)24-18(20)27/h5-7,10-11,21H,2-4,8-9,12H2,1H3,(H3,20,24,26,27). The number of nitrogens with two attached hydrogens (primary N) is 1. The largest absolute Gasteiger partial charge is 0.379 e. The Morgan fingerprint density at radius 2 is 1.93 bits per heavy atom. The molecule has 3 amide bonds. The quantitative estimate of drug-likeness (QED) is 0.746. The molecule has 0 bridgehead atoms. The lowest BCUT2D eigenvalue weighted by Gasteiger charge is -2.27. The molecule has 1 aliphatic heterocycles. The van der Waals surface area contributed by atoms with Crippen LogP contribution in [0.15, 0.2) is 30.3 Å². The summed E-state index contributed by atoms with van der Waals surface area (Å²) in [5.74, 6) is 0.248. The van der Waals surface area contributed by atoms with Crippen molar-refractivity contribution in [2.75, 3.05) is 23.3 Å². The van der Waals surface area contributed by atoms with Gasteiger partial charge in [0.25, 0.3) is 5.91 Å². The third-order valence-corrected chi connectivity index (χ3v) is 4.37. The van der Waals surface area contributed by atoms with Gasteiger partial charge in [-0.25, -0.2) is 14.8 Å². The van der Waals surface area contributed by atoms with E-state index in [2.05, 4.69) is 25.5 Å². The molecule has 1 saturated heterocycles. The van der Waals surface area contributed by atoms with Crippen LogP contribution in [0.3, 0.4) is 0 Å². The maximum absolute atomic E-state index is 11.9. The molecule has 0 unspecified atom stereocenters. The Kier molecular flexibility index (Phi) is 5.85. The van der Waals surface area contributed by atoms with Crippen LogP contribution in [-0.4, -0.2) is 35.0 Å². The topological polar surface area (TPSA) is 113 Å². The van der Waals surface area contributed by atoms with Crippen LogP contribution in [0.2, 0.25) is 0 Å². The molecule has 1 aromatic carbocycles. The lowest BCUT2D eigenvalue weighted by Crippen LogP contribution is -2.34. The van der Waals surface area contributed by atoms with Gasteiger partial charge in [0.2, 0.25) is 5.95 Å². The molecule has 3 rings (SSSR count). The highest BCUT2D eigenvalue weighted by Crippen LogP contribution is 2.18. The van der Waals surface area contributed by atoms with Gasteiger partial charge in [0, 0.05) is 30.0 Å². The first kappa shape index (κ1) is 18.6. The summed E-state index contributed by atoms with van der Waals surface area (Å²) in [7, 11) is 0. The van der Waals surface area contributed by atoms with Gasteiger partial charge in [0.05, 0.1) is 12.2 Å². The van der Waals surface area contributed by atoms with Crippen LogP contribution in [0.4, 0.5) is 16.4 Å². The van der Waals surface area contributed by atoms with Gasteiger partial charge in [0.15, 0.2) is 0 Å². The number of primary amides is 1. The summed E-state index contributed by atoms with van der Waals surface area (Å²) in [6.45, 7) is 4.46. The van der Waals surface area contributed by atoms with Crippen molar-refractivity contribution >= 4 is 23.6 Å². The highest BCUT2D eigenvalue weighted by Gasteiger charge is 2.14. The molecule has 1 aromatic heterocycles. The first-order chi connectivity index (χ1) is 13.0. The summed E-state index contributed by atoms with van der Waals surface area (Å²) in [6, 6.07) is 7.94. The maximum atomic E-state index is 11.9. The molecule has 142 valence electrons. The van der Waals surface area contributed by atoms with Gasteiger partial charge < -0.3 is 16.0 Å². The first-order valence-corrected chi connectivity index (χ1v) is 9.05. The number of imide groups is 1. The van der Waals surface area contributed by atoms with Crippen molar-refractivity contribution in [1.29, 1.82) is 0 Å². The number of hydrogen-bond acceptors (Lipinski definition) is 6. The lowest BCUT2D eigenvalue weighted by atomic mass is 10.1. The Labute approximate surface area is 158 Å². The Morgan fingerprint density at radius 3 is 2.67 bits per heavy atom. The molecular formula is C19H24N6O2. The average molecular weight is 368 g/mol. The zero-order chi connectivity index (χ0) is 19.2. The van der Waals surface area contributed by atoms with E-state index in [0.29, 0.717) is 12.1 Å². The van der Waals surface area contributed by atoms with Crippen LogP contribution in [0.25, 0.3) is 0 Å². The van der Waals surface area contributed by atoms with Gasteiger partial charge in [-0.1, -0.05) is 6.07 Å². The predicted octanol–water partition coefficient (Wildman–Crippen LogP) is 2.20. The molecule has 1 aliphatic rings. The van der Waals surface area contributed by atoms with Crippen LogP contribution in [0.5, 0.6) is 0 Å². The fourth-order valence-electron chi connectivity index (χ4n) is 3.09. The van der Waals surface area contributed by atoms with E-state index >= 15 is 0 Å². The Morgan fingerprint density at radius 1 is 1.15 bits per heavy atom. The van der Waals surface area contributed by atoms with Crippen LogP contribution in [0.1, 0.15) is 41.0 Å². The van der Waals surface area contributed by atoms with Crippen molar-refractivity contribution in [1.82, 2.24) is 15.3 Å². The Bertz CT molecular complexity index is 833. The minimum Gasteiger partial charge on any atom is -0.379 e. The Balaban J connectivity index is 1.68. The van der Waals surface area contributed by atoms with E-state index in [-0.39, 0.29) is 0 Å². The zero-order valence-electron chi connectivity index (χ0n) is 15.4. The number of carbonyl (C=O) groups excluding carboxylic acids is 2. The fourth-order valence-corrected chi connectivity index (χ4v) is 3.09. The number of aryl methyl sites for hydroxylation is 1. The molecule has 27 heavy (non-hydrogen) atoms. The van der Waals surface area contributed by atoms with Crippen molar-refractivity contribution in [2.45, 2.75) is 32.7 Å². The van der Waals surface area contributed by atoms with Gasteiger partial charge in [-0.3, -0.25) is 10.1 Å². The molecule has 8 nitrogen and oxygen atoms in total. The molecule has 0 radical (unpaired) electrons. The van der Waals surface area contributed by atoms with Crippen molar-refractivity contribution in [2.24, 2.45) is 5.73 Å². The number of benzene rings is 1. The molecule has 2 heterocycles. The fraction of sp³-hybridized carbons (Fsp3) is 0.368. The van der Waals surface area contributed by atoms with Gasteiger partial charge in [0.1, 0.15) is 0 Å². The van der Waals surface area contributed by atoms with E-state index in [1.54, 1.807) is 18.2 Å². The summed E-state index contributed by atoms with van der Waals surface area (Å²) in [6.07, 6.45) is 3.60. The minimum atomic E-state index is -0.875. The number of nitrogens with zero attached hydrogens (tertiary/aromatic N) is 3. The van der Waals surface area contributed by atoms with E-state index in [1.807, 2.05) is 19.1 Å². The van der Waals surface area contributed by atoms with E-state index in [1.165, 1.54) is 19.3 Å². The molecule has 0 atom stereocenters. The number of piperidine rings is 1. The molecule has 1 fully saturated rings. The third kappa shape index (κ3) is 5.16. The molecule has 4 N–H and O–H groups in total. The second kappa shape index (κ2) is 8.48. The number of anilines is 2. The van der Waals surface area contributed by atoms with Crippen LogP contribution < -0.4 is 21.3 Å². The summed E-state index contributed by atoms with van der Waals surface area (Å²) in [4.78, 5) is 34.2. The van der Waals surface area contributed by atoms with E-state index in [0.717, 1.165) is 36.1 Å².